The lowest BCUT2D eigenvalue weighted by atomic mass is 10.4. The molecule has 1 aromatic rings. The Morgan fingerprint density at radius 1 is 1.50 bits per heavy atom. The van der Waals surface area contributed by atoms with E-state index >= 15 is 0 Å². The SMILES string of the molecule is CN=C(NC)NCCCn1nc(C)cc1C. The minimum absolute atomic E-state index is 0.827. The van der Waals surface area contributed by atoms with Crippen LogP contribution in [-0.4, -0.2) is 36.4 Å². The van der Waals surface area contributed by atoms with Gasteiger partial charge >= 0.3 is 0 Å². The first kappa shape index (κ1) is 12.5. The molecule has 0 amide bonds. The Bertz CT molecular complexity index is 353. The molecular formula is C11H21N5. The topological polar surface area (TPSA) is 54.2 Å². The summed E-state index contributed by atoms with van der Waals surface area (Å²) in [6, 6.07) is 2.10. The van der Waals surface area contributed by atoms with E-state index in [-0.39, 0.29) is 0 Å². The van der Waals surface area contributed by atoms with Gasteiger partial charge in [-0.1, -0.05) is 0 Å². The Kier molecular flexibility index (Phi) is 4.82. The molecular weight excluding hydrogens is 202 g/mol. The molecule has 0 aliphatic rings. The van der Waals surface area contributed by atoms with E-state index < -0.39 is 0 Å². The van der Waals surface area contributed by atoms with Crippen LogP contribution in [0.3, 0.4) is 0 Å². The van der Waals surface area contributed by atoms with Crippen LogP contribution in [0.1, 0.15) is 17.8 Å². The summed E-state index contributed by atoms with van der Waals surface area (Å²) >= 11 is 0. The second-order valence-electron chi connectivity index (χ2n) is 3.75. The van der Waals surface area contributed by atoms with E-state index in [9.17, 15) is 0 Å². The molecule has 1 aromatic heterocycles. The summed E-state index contributed by atoms with van der Waals surface area (Å²) in [5.41, 5.74) is 2.30. The molecule has 0 aliphatic carbocycles. The second-order valence-corrected chi connectivity index (χ2v) is 3.75. The largest absolute Gasteiger partial charge is 0.359 e. The summed E-state index contributed by atoms with van der Waals surface area (Å²) in [5, 5.41) is 10.6. The molecule has 0 fully saturated rings. The third-order valence-corrected chi connectivity index (χ3v) is 2.40. The van der Waals surface area contributed by atoms with E-state index in [2.05, 4.69) is 33.7 Å². The van der Waals surface area contributed by atoms with Crippen molar-refractivity contribution < 1.29 is 0 Å². The molecule has 0 aromatic carbocycles. The molecule has 0 radical (unpaired) electrons. The van der Waals surface area contributed by atoms with Crippen molar-refractivity contribution in [2.24, 2.45) is 4.99 Å². The quantitative estimate of drug-likeness (QED) is 0.448. The van der Waals surface area contributed by atoms with Crippen molar-refractivity contribution >= 4 is 5.96 Å². The molecule has 16 heavy (non-hydrogen) atoms. The first-order chi connectivity index (χ1) is 7.67. The summed E-state index contributed by atoms with van der Waals surface area (Å²) in [5.74, 6) is 0.827. The monoisotopic (exact) mass is 223 g/mol. The predicted octanol–water partition coefficient (Wildman–Crippen LogP) is 0.685. The van der Waals surface area contributed by atoms with Gasteiger partial charge in [0.1, 0.15) is 0 Å². The smallest absolute Gasteiger partial charge is 0.190 e. The maximum Gasteiger partial charge on any atom is 0.190 e. The molecule has 0 spiro atoms. The zero-order chi connectivity index (χ0) is 12.0. The van der Waals surface area contributed by atoms with Crippen LogP contribution in [0.15, 0.2) is 11.1 Å². The Morgan fingerprint density at radius 3 is 2.75 bits per heavy atom. The van der Waals surface area contributed by atoms with E-state index in [4.69, 9.17) is 0 Å². The lowest BCUT2D eigenvalue weighted by molar-refractivity contribution is 0.556. The third-order valence-electron chi connectivity index (χ3n) is 2.40. The zero-order valence-electron chi connectivity index (χ0n) is 10.5. The van der Waals surface area contributed by atoms with Gasteiger partial charge in [0.05, 0.1) is 5.69 Å². The van der Waals surface area contributed by atoms with Crippen molar-refractivity contribution in [1.29, 1.82) is 0 Å². The average Bonchev–Trinajstić information content (AvgIpc) is 2.58. The van der Waals surface area contributed by atoms with Gasteiger partial charge in [-0.05, 0) is 26.3 Å². The summed E-state index contributed by atoms with van der Waals surface area (Å²) in [6.45, 7) is 5.93. The highest BCUT2D eigenvalue weighted by molar-refractivity contribution is 5.79. The van der Waals surface area contributed by atoms with Crippen LogP contribution in [0.2, 0.25) is 0 Å². The van der Waals surface area contributed by atoms with Gasteiger partial charge in [-0.25, -0.2) is 0 Å². The summed E-state index contributed by atoms with van der Waals surface area (Å²) in [7, 11) is 3.62. The standard InChI is InChI=1S/C11H21N5/c1-9-8-10(2)16(15-9)7-5-6-14-11(12-3)13-4/h8H,5-7H2,1-4H3,(H2,12,13,14). The van der Waals surface area contributed by atoms with Gasteiger partial charge in [0.15, 0.2) is 5.96 Å². The van der Waals surface area contributed by atoms with Crippen LogP contribution in [0.4, 0.5) is 0 Å². The highest BCUT2D eigenvalue weighted by atomic mass is 15.3. The van der Waals surface area contributed by atoms with Crippen LogP contribution in [0.5, 0.6) is 0 Å². The molecule has 0 saturated carbocycles. The van der Waals surface area contributed by atoms with Gasteiger partial charge in [-0.15, -0.1) is 0 Å². The Morgan fingerprint density at radius 2 is 2.25 bits per heavy atom. The summed E-state index contributed by atoms with van der Waals surface area (Å²) in [4.78, 5) is 4.04. The van der Waals surface area contributed by atoms with Crippen LogP contribution in [-0.2, 0) is 6.54 Å². The van der Waals surface area contributed by atoms with Gasteiger partial charge < -0.3 is 10.6 Å². The Balaban J connectivity index is 2.28. The molecule has 5 nitrogen and oxygen atoms in total. The number of guanidine groups is 1. The molecule has 90 valence electrons. The molecule has 0 atom stereocenters. The number of hydrogen-bond acceptors (Lipinski definition) is 2. The van der Waals surface area contributed by atoms with Crippen LogP contribution in [0, 0.1) is 13.8 Å². The van der Waals surface area contributed by atoms with Gasteiger partial charge in [-0.2, -0.15) is 5.10 Å². The Labute approximate surface area is 97.0 Å². The van der Waals surface area contributed by atoms with Crippen LogP contribution in [0.25, 0.3) is 0 Å². The van der Waals surface area contributed by atoms with Crippen molar-refractivity contribution in [3.05, 3.63) is 17.5 Å². The van der Waals surface area contributed by atoms with Gasteiger partial charge in [-0.3, -0.25) is 9.67 Å². The molecule has 1 rings (SSSR count). The van der Waals surface area contributed by atoms with Gasteiger partial charge in [0.2, 0.25) is 0 Å². The molecule has 2 N–H and O–H groups in total. The van der Waals surface area contributed by atoms with Crippen molar-refractivity contribution in [2.45, 2.75) is 26.8 Å². The van der Waals surface area contributed by atoms with E-state index in [0.717, 1.165) is 31.2 Å². The number of aliphatic imine (C=N–C) groups is 1. The first-order valence-corrected chi connectivity index (χ1v) is 5.57. The molecule has 1 heterocycles. The highest BCUT2D eigenvalue weighted by Gasteiger charge is 2.00. The molecule has 5 heteroatoms. The maximum atomic E-state index is 4.41. The van der Waals surface area contributed by atoms with Crippen LogP contribution >= 0.6 is 0 Å². The van der Waals surface area contributed by atoms with Crippen LogP contribution < -0.4 is 10.6 Å². The van der Waals surface area contributed by atoms with E-state index in [1.165, 1.54) is 5.69 Å². The summed E-state index contributed by atoms with van der Waals surface area (Å²) < 4.78 is 2.04. The molecule has 0 saturated heterocycles. The second kappa shape index (κ2) is 6.15. The van der Waals surface area contributed by atoms with E-state index in [0.29, 0.717) is 0 Å². The Hall–Kier alpha value is -1.52. The number of rotatable bonds is 4. The first-order valence-electron chi connectivity index (χ1n) is 5.57. The number of aromatic nitrogens is 2. The lowest BCUT2D eigenvalue weighted by Gasteiger charge is -2.08. The fourth-order valence-corrected chi connectivity index (χ4v) is 1.62. The van der Waals surface area contributed by atoms with Crippen molar-refractivity contribution in [1.82, 2.24) is 20.4 Å². The van der Waals surface area contributed by atoms with E-state index in [1.54, 1.807) is 7.05 Å². The fourth-order valence-electron chi connectivity index (χ4n) is 1.62. The maximum absolute atomic E-state index is 4.41. The van der Waals surface area contributed by atoms with Crippen molar-refractivity contribution in [3.63, 3.8) is 0 Å². The molecule has 0 aliphatic heterocycles. The van der Waals surface area contributed by atoms with Crippen molar-refractivity contribution in [3.8, 4) is 0 Å². The minimum Gasteiger partial charge on any atom is -0.359 e. The number of aryl methyl sites for hydroxylation is 3. The number of nitrogens with zero attached hydrogens (tertiary/aromatic N) is 3. The predicted molar refractivity (Wildman–Crippen MR) is 66.7 cm³/mol. The minimum atomic E-state index is 0.827. The zero-order valence-corrected chi connectivity index (χ0v) is 10.5. The average molecular weight is 223 g/mol. The van der Waals surface area contributed by atoms with Crippen molar-refractivity contribution in [2.75, 3.05) is 20.6 Å². The normalized spacial score (nSPS) is 11.6. The summed E-state index contributed by atoms with van der Waals surface area (Å²) in [6.07, 6.45) is 1.03. The van der Waals surface area contributed by atoms with Gasteiger partial charge in [0, 0.05) is 32.9 Å². The number of hydrogen-bond donors (Lipinski definition) is 2. The highest BCUT2D eigenvalue weighted by Crippen LogP contribution is 2.01. The van der Waals surface area contributed by atoms with E-state index in [1.807, 2.05) is 18.7 Å². The number of nitrogens with one attached hydrogen (secondary N) is 2. The third kappa shape index (κ3) is 3.56. The molecule has 0 bridgehead atoms. The fraction of sp³-hybridized carbons (Fsp3) is 0.636. The lowest BCUT2D eigenvalue weighted by Crippen LogP contribution is -2.35. The molecule has 0 unspecified atom stereocenters. The van der Waals surface area contributed by atoms with Gasteiger partial charge in [0.25, 0.3) is 0 Å².